The van der Waals surface area contributed by atoms with Crippen molar-refractivity contribution in [2.45, 2.75) is 12.3 Å². The number of rotatable bonds is 5. The first kappa shape index (κ1) is 16.3. The van der Waals surface area contributed by atoms with Crippen LogP contribution in [0.5, 0.6) is 0 Å². The summed E-state index contributed by atoms with van der Waals surface area (Å²) in [6, 6.07) is 10.4. The topological polar surface area (TPSA) is 80.4 Å². The number of nitro groups is 1. The van der Waals surface area contributed by atoms with E-state index in [9.17, 15) is 20.0 Å². The van der Waals surface area contributed by atoms with Crippen molar-refractivity contribution in [2.75, 3.05) is 0 Å². The molecule has 22 heavy (non-hydrogen) atoms. The molecule has 2 rings (SSSR count). The Kier molecular flexibility index (Phi) is 5.00. The van der Waals surface area contributed by atoms with Gasteiger partial charge in [-0.25, -0.2) is 0 Å². The molecule has 0 aromatic heterocycles. The molecule has 0 aliphatic rings. The average Bonchev–Trinajstić information content (AvgIpc) is 2.47. The molecule has 0 heterocycles. The number of carboxylic acids is 1. The van der Waals surface area contributed by atoms with Crippen molar-refractivity contribution in [3.05, 3.63) is 73.8 Å². The first-order chi connectivity index (χ1) is 10.4. The number of carboxylic acid groups (broad SMARTS) is 1. The summed E-state index contributed by atoms with van der Waals surface area (Å²) in [5.74, 6) is -1.92. The summed E-state index contributed by atoms with van der Waals surface area (Å²) in [5.41, 5.74) is 1.03. The Balaban J connectivity index is 2.31. The van der Waals surface area contributed by atoms with Crippen LogP contribution in [0, 0.1) is 10.1 Å². The number of nitro benzene ring substituents is 1. The number of non-ortho nitro benzene ring substituents is 1. The second-order valence-corrected chi connectivity index (χ2v) is 5.53. The smallest absolute Gasteiger partial charge is 0.311 e. The monoisotopic (exact) mass is 339 g/mol. The Morgan fingerprint density at radius 1 is 1.18 bits per heavy atom. The Morgan fingerprint density at radius 2 is 1.82 bits per heavy atom. The van der Waals surface area contributed by atoms with Crippen LogP contribution in [0.1, 0.15) is 17.0 Å². The van der Waals surface area contributed by atoms with E-state index >= 15 is 0 Å². The fraction of sp³-hybridized carbons (Fsp3) is 0.133. The fourth-order valence-electron chi connectivity index (χ4n) is 2.10. The molecule has 1 atom stereocenters. The van der Waals surface area contributed by atoms with Crippen molar-refractivity contribution in [1.29, 1.82) is 0 Å². The lowest BCUT2D eigenvalue weighted by molar-refractivity contribution is -0.384. The van der Waals surface area contributed by atoms with Gasteiger partial charge in [-0.1, -0.05) is 35.3 Å². The first-order valence-corrected chi connectivity index (χ1v) is 7.05. The van der Waals surface area contributed by atoms with Gasteiger partial charge in [-0.3, -0.25) is 14.9 Å². The largest absolute Gasteiger partial charge is 0.481 e. The molecule has 0 aliphatic heterocycles. The minimum Gasteiger partial charge on any atom is -0.481 e. The lowest BCUT2D eigenvalue weighted by atomic mass is 9.92. The molecule has 2 aromatic carbocycles. The number of carbonyl (C=O) groups is 1. The molecular weight excluding hydrogens is 329 g/mol. The summed E-state index contributed by atoms with van der Waals surface area (Å²) >= 11 is 12.0. The highest BCUT2D eigenvalue weighted by atomic mass is 35.5. The molecular formula is C15H11Cl2NO4. The molecule has 0 spiro atoms. The standard InChI is InChI=1S/C15H11Cl2NO4/c16-10-3-6-14(17)12(8-10)13(15(19)20)7-9-1-4-11(5-2-9)18(21)22/h1-6,8,13H,7H2,(H,19,20). The average molecular weight is 340 g/mol. The molecule has 1 N–H and O–H groups in total. The number of aliphatic carboxylic acids is 1. The van der Waals surface area contributed by atoms with E-state index in [-0.39, 0.29) is 12.1 Å². The molecule has 0 bridgehead atoms. The van der Waals surface area contributed by atoms with Crippen molar-refractivity contribution in [1.82, 2.24) is 0 Å². The van der Waals surface area contributed by atoms with E-state index in [0.29, 0.717) is 21.2 Å². The molecule has 0 saturated carbocycles. The Bertz CT molecular complexity index is 716. The van der Waals surface area contributed by atoms with Crippen molar-refractivity contribution >= 4 is 34.9 Å². The van der Waals surface area contributed by atoms with Gasteiger partial charge in [0.2, 0.25) is 0 Å². The number of benzene rings is 2. The van der Waals surface area contributed by atoms with Crippen LogP contribution in [-0.4, -0.2) is 16.0 Å². The van der Waals surface area contributed by atoms with E-state index in [0.717, 1.165) is 0 Å². The van der Waals surface area contributed by atoms with Crippen molar-refractivity contribution in [2.24, 2.45) is 0 Å². The maximum absolute atomic E-state index is 11.5. The van der Waals surface area contributed by atoms with Gasteiger partial charge < -0.3 is 5.11 Å². The van der Waals surface area contributed by atoms with Gasteiger partial charge in [0.05, 0.1) is 10.8 Å². The molecule has 0 amide bonds. The lowest BCUT2D eigenvalue weighted by Crippen LogP contribution is -2.15. The molecule has 0 fully saturated rings. The second-order valence-electron chi connectivity index (χ2n) is 4.68. The van der Waals surface area contributed by atoms with Crippen LogP contribution in [0.2, 0.25) is 10.0 Å². The predicted molar refractivity (Wildman–Crippen MR) is 83.6 cm³/mol. The molecule has 114 valence electrons. The van der Waals surface area contributed by atoms with E-state index < -0.39 is 16.8 Å². The van der Waals surface area contributed by atoms with E-state index in [1.807, 2.05) is 0 Å². The second kappa shape index (κ2) is 6.77. The third kappa shape index (κ3) is 3.75. The zero-order valence-electron chi connectivity index (χ0n) is 11.2. The summed E-state index contributed by atoms with van der Waals surface area (Å²) in [4.78, 5) is 21.7. The van der Waals surface area contributed by atoms with Crippen molar-refractivity contribution in [3.8, 4) is 0 Å². The minimum absolute atomic E-state index is 0.0450. The highest BCUT2D eigenvalue weighted by molar-refractivity contribution is 6.33. The van der Waals surface area contributed by atoms with Gasteiger partial charge in [-0.15, -0.1) is 0 Å². The van der Waals surface area contributed by atoms with Crippen LogP contribution in [0.25, 0.3) is 0 Å². The normalized spacial score (nSPS) is 11.9. The number of hydrogen-bond acceptors (Lipinski definition) is 3. The highest BCUT2D eigenvalue weighted by Gasteiger charge is 2.23. The highest BCUT2D eigenvalue weighted by Crippen LogP contribution is 2.30. The lowest BCUT2D eigenvalue weighted by Gasteiger charge is -2.15. The molecule has 1 unspecified atom stereocenters. The molecule has 0 aliphatic carbocycles. The van der Waals surface area contributed by atoms with E-state index in [2.05, 4.69) is 0 Å². The molecule has 2 aromatic rings. The summed E-state index contributed by atoms with van der Waals surface area (Å²) in [6.07, 6.45) is 0.160. The van der Waals surface area contributed by atoms with Gasteiger partial charge in [0.15, 0.2) is 0 Å². The van der Waals surface area contributed by atoms with Crippen molar-refractivity contribution < 1.29 is 14.8 Å². The fourth-order valence-corrected chi connectivity index (χ4v) is 2.53. The van der Waals surface area contributed by atoms with Crippen LogP contribution in [-0.2, 0) is 11.2 Å². The van der Waals surface area contributed by atoms with Gasteiger partial charge in [0.1, 0.15) is 0 Å². The third-order valence-electron chi connectivity index (χ3n) is 3.22. The van der Waals surface area contributed by atoms with Crippen LogP contribution >= 0.6 is 23.2 Å². The van der Waals surface area contributed by atoms with Crippen LogP contribution < -0.4 is 0 Å². The van der Waals surface area contributed by atoms with E-state index in [1.165, 1.54) is 30.3 Å². The Hall–Kier alpha value is -2.11. The SMILES string of the molecule is O=C(O)C(Cc1ccc([N+](=O)[O-])cc1)c1cc(Cl)ccc1Cl. The number of halogens is 2. The van der Waals surface area contributed by atoms with E-state index in [1.54, 1.807) is 12.1 Å². The third-order valence-corrected chi connectivity index (χ3v) is 3.80. The van der Waals surface area contributed by atoms with Gasteiger partial charge in [0.25, 0.3) is 5.69 Å². The Labute approximate surface area is 136 Å². The molecule has 0 saturated heterocycles. The zero-order chi connectivity index (χ0) is 16.3. The van der Waals surface area contributed by atoms with Gasteiger partial charge >= 0.3 is 5.97 Å². The maximum atomic E-state index is 11.5. The zero-order valence-corrected chi connectivity index (χ0v) is 12.7. The van der Waals surface area contributed by atoms with Crippen LogP contribution in [0.4, 0.5) is 5.69 Å². The first-order valence-electron chi connectivity index (χ1n) is 6.29. The quantitative estimate of drug-likeness (QED) is 0.649. The van der Waals surface area contributed by atoms with Gasteiger partial charge in [0, 0.05) is 22.2 Å². The summed E-state index contributed by atoms with van der Waals surface area (Å²) in [5, 5.41) is 20.8. The summed E-state index contributed by atoms with van der Waals surface area (Å²) in [6.45, 7) is 0. The summed E-state index contributed by atoms with van der Waals surface area (Å²) < 4.78 is 0. The molecule has 5 nitrogen and oxygen atoms in total. The van der Waals surface area contributed by atoms with Crippen molar-refractivity contribution in [3.63, 3.8) is 0 Å². The van der Waals surface area contributed by atoms with Gasteiger partial charge in [-0.05, 0) is 35.7 Å². The van der Waals surface area contributed by atoms with Gasteiger partial charge in [-0.2, -0.15) is 0 Å². The molecule has 0 radical (unpaired) electrons. The van der Waals surface area contributed by atoms with Crippen LogP contribution in [0.15, 0.2) is 42.5 Å². The number of nitrogens with zero attached hydrogens (tertiary/aromatic N) is 1. The molecule has 7 heteroatoms. The predicted octanol–water partition coefficient (Wildman–Crippen LogP) is 4.31. The minimum atomic E-state index is -1.04. The summed E-state index contributed by atoms with van der Waals surface area (Å²) in [7, 11) is 0. The maximum Gasteiger partial charge on any atom is 0.311 e. The number of hydrogen-bond donors (Lipinski definition) is 1. The Morgan fingerprint density at radius 3 is 2.36 bits per heavy atom. The van der Waals surface area contributed by atoms with E-state index in [4.69, 9.17) is 23.2 Å². The van der Waals surface area contributed by atoms with Crippen LogP contribution in [0.3, 0.4) is 0 Å².